The Morgan fingerprint density at radius 1 is 1.00 bits per heavy atom. The van der Waals surface area contributed by atoms with Gasteiger partial charge in [-0.25, -0.2) is 18.4 Å². The van der Waals surface area contributed by atoms with Crippen molar-refractivity contribution in [1.29, 1.82) is 0 Å². The van der Waals surface area contributed by atoms with Crippen LogP contribution in [0.5, 0.6) is 5.75 Å². The van der Waals surface area contributed by atoms with E-state index in [0.717, 1.165) is 33.4 Å². The molecule has 0 fully saturated rings. The zero-order valence-corrected chi connectivity index (χ0v) is 21.6. The van der Waals surface area contributed by atoms with Crippen molar-refractivity contribution in [3.8, 4) is 16.9 Å². The molecule has 0 aliphatic heterocycles. The fraction of sp³-hybridized carbons (Fsp3) is 0.148. The highest BCUT2D eigenvalue weighted by atomic mass is 35.5. The van der Waals surface area contributed by atoms with Crippen molar-refractivity contribution in [2.75, 3.05) is 17.3 Å². The minimum absolute atomic E-state index is 0.0935. The number of hydrogen-bond acceptors (Lipinski definition) is 7. The Labute approximate surface area is 219 Å². The summed E-state index contributed by atoms with van der Waals surface area (Å²) in [6.45, 7) is 0.729. The van der Waals surface area contributed by atoms with Gasteiger partial charge in [0, 0.05) is 42.5 Å². The lowest BCUT2D eigenvalue weighted by Gasteiger charge is -2.12. The number of hydrogen-bond donors (Lipinski definition) is 1. The molecule has 0 aliphatic carbocycles. The molecule has 0 saturated carbocycles. The van der Waals surface area contributed by atoms with Gasteiger partial charge in [0.1, 0.15) is 34.3 Å². The summed E-state index contributed by atoms with van der Waals surface area (Å²) in [5.41, 5.74) is 4.31. The molecule has 8 nitrogen and oxygen atoms in total. The van der Waals surface area contributed by atoms with Crippen molar-refractivity contribution >= 4 is 43.8 Å². The van der Waals surface area contributed by atoms with Crippen LogP contribution in [-0.2, 0) is 23.0 Å². The van der Waals surface area contributed by atoms with Gasteiger partial charge in [0.2, 0.25) is 0 Å². The van der Waals surface area contributed by atoms with Gasteiger partial charge in [0.05, 0.1) is 22.0 Å². The highest BCUT2D eigenvalue weighted by Gasteiger charge is 2.10. The molecular weight excluding hydrogens is 510 g/mol. The lowest BCUT2D eigenvalue weighted by molar-refractivity contribution is 0.301. The largest absolute Gasteiger partial charge is 0.486 e. The molecule has 0 aliphatic rings. The Bertz CT molecular complexity index is 1660. The fourth-order valence-corrected chi connectivity index (χ4v) is 4.60. The molecule has 0 radical (unpaired) electrons. The number of aryl methyl sites for hydroxylation is 1. The van der Waals surface area contributed by atoms with Crippen LogP contribution in [0.2, 0.25) is 5.02 Å². The van der Waals surface area contributed by atoms with Crippen LogP contribution >= 0.6 is 11.6 Å². The van der Waals surface area contributed by atoms with E-state index in [-0.39, 0.29) is 5.75 Å². The van der Waals surface area contributed by atoms with Gasteiger partial charge in [-0.2, -0.15) is 0 Å². The number of sulfone groups is 1. The second kappa shape index (κ2) is 10.6. The van der Waals surface area contributed by atoms with Crippen LogP contribution in [0.1, 0.15) is 5.69 Å². The molecule has 10 heteroatoms. The van der Waals surface area contributed by atoms with Gasteiger partial charge in [-0.15, -0.1) is 0 Å². The standard InChI is InChI=1S/C27H24ClN5O3S/c1-37(34,35)13-12-33-11-9-20(16-33)19-5-7-25-23(14-19)27(31-18-30-25)32-21-6-8-26(24(28)15-21)36-17-22-4-2-3-10-29-22/h2-11,14-16,18H,12-13,17H2,1H3,(H,30,31,32). The van der Waals surface area contributed by atoms with Gasteiger partial charge >= 0.3 is 0 Å². The van der Waals surface area contributed by atoms with Crippen molar-refractivity contribution < 1.29 is 13.2 Å². The van der Waals surface area contributed by atoms with E-state index in [9.17, 15) is 8.42 Å². The van der Waals surface area contributed by atoms with Crippen LogP contribution in [0.15, 0.2) is 85.6 Å². The van der Waals surface area contributed by atoms with E-state index in [0.29, 0.717) is 29.7 Å². The maximum atomic E-state index is 11.5. The van der Waals surface area contributed by atoms with Gasteiger partial charge in [0.15, 0.2) is 0 Å². The molecule has 0 saturated heterocycles. The van der Waals surface area contributed by atoms with E-state index in [1.807, 2.05) is 71.6 Å². The zero-order chi connectivity index (χ0) is 25.8. The SMILES string of the molecule is CS(=O)(=O)CCn1ccc(-c2ccc3ncnc(Nc4ccc(OCc5ccccn5)c(Cl)c4)c3c2)c1. The summed E-state index contributed by atoms with van der Waals surface area (Å²) >= 11 is 6.48. The highest BCUT2D eigenvalue weighted by Crippen LogP contribution is 2.32. The summed E-state index contributed by atoms with van der Waals surface area (Å²) in [5, 5.41) is 4.65. The average Bonchev–Trinajstić information content (AvgIpc) is 3.37. The first kappa shape index (κ1) is 24.7. The molecule has 0 spiro atoms. The number of halogens is 1. The number of pyridine rings is 1. The van der Waals surface area contributed by atoms with Crippen molar-refractivity contribution in [1.82, 2.24) is 19.5 Å². The molecule has 5 rings (SSSR count). The predicted molar refractivity (Wildman–Crippen MR) is 146 cm³/mol. The van der Waals surface area contributed by atoms with Gasteiger partial charge in [-0.05, 0) is 59.7 Å². The van der Waals surface area contributed by atoms with Crippen LogP contribution < -0.4 is 10.1 Å². The van der Waals surface area contributed by atoms with Crippen molar-refractivity contribution in [2.24, 2.45) is 0 Å². The van der Waals surface area contributed by atoms with Crippen LogP contribution in [0.3, 0.4) is 0 Å². The Kier molecular flexibility index (Phi) is 7.07. The smallest absolute Gasteiger partial charge is 0.149 e. The number of ether oxygens (including phenoxy) is 1. The molecule has 188 valence electrons. The Hall–Kier alpha value is -3.95. The summed E-state index contributed by atoms with van der Waals surface area (Å²) < 4.78 is 30.7. The van der Waals surface area contributed by atoms with E-state index < -0.39 is 9.84 Å². The van der Waals surface area contributed by atoms with Gasteiger partial charge in [-0.3, -0.25) is 4.98 Å². The van der Waals surface area contributed by atoms with Crippen LogP contribution in [0.4, 0.5) is 11.5 Å². The van der Waals surface area contributed by atoms with Gasteiger partial charge in [-0.1, -0.05) is 23.7 Å². The molecule has 5 aromatic rings. The number of nitrogens with one attached hydrogen (secondary N) is 1. The van der Waals surface area contributed by atoms with Crippen molar-refractivity contribution in [3.05, 3.63) is 96.3 Å². The maximum Gasteiger partial charge on any atom is 0.149 e. The van der Waals surface area contributed by atoms with E-state index in [1.165, 1.54) is 12.6 Å². The number of nitrogens with zero attached hydrogens (tertiary/aromatic N) is 4. The number of anilines is 2. The summed E-state index contributed by atoms with van der Waals surface area (Å²) in [5.74, 6) is 1.30. The third-order valence-corrected chi connectivity index (χ3v) is 6.96. The van der Waals surface area contributed by atoms with E-state index >= 15 is 0 Å². The summed E-state index contributed by atoms with van der Waals surface area (Å²) in [6, 6.07) is 19.0. The highest BCUT2D eigenvalue weighted by molar-refractivity contribution is 7.90. The summed E-state index contributed by atoms with van der Waals surface area (Å²) in [7, 11) is -3.03. The lowest BCUT2D eigenvalue weighted by atomic mass is 10.1. The van der Waals surface area contributed by atoms with Crippen LogP contribution in [-0.4, -0.2) is 39.9 Å². The molecule has 37 heavy (non-hydrogen) atoms. The van der Waals surface area contributed by atoms with Gasteiger partial charge < -0.3 is 14.6 Å². The van der Waals surface area contributed by atoms with Gasteiger partial charge in [0.25, 0.3) is 0 Å². The number of fused-ring (bicyclic) bond motifs is 1. The van der Waals surface area contributed by atoms with Crippen LogP contribution in [0.25, 0.3) is 22.0 Å². The third-order valence-electron chi connectivity index (χ3n) is 5.74. The summed E-state index contributed by atoms with van der Waals surface area (Å²) in [4.78, 5) is 13.1. The van der Waals surface area contributed by atoms with E-state index in [1.54, 1.807) is 12.3 Å². The third kappa shape index (κ3) is 6.25. The van der Waals surface area contributed by atoms with E-state index in [4.69, 9.17) is 16.3 Å². The first-order valence-electron chi connectivity index (χ1n) is 11.5. The first-order valence-corrected chi connectivity index (χ1v) is 14.0. The topological polar surface area (TPSA) is 99.0 Å². The second-order valence-corrected chi connectivity index (χ2v) is 11.3. The lowest BCUT2D eigenvalue weighted by Crippen LogP contribution is -2.09. The average molecular weight is 534 g/mol. The Morgan fingerprint density at radius 3 is 2.68 bits per heavy atom. The first-order chi connectivity index (χ1) is 17.8. The number of benzene rings is 2. The monoisotopic (exact) mass is 533 g/mol. The maximum absolute atomic E-state index is 11.5. The molecule has 0 atom stereocenters. The Balaban J connectivity index is 1.35. The Morgan fingerprint density at radius 2 is 1.89 bits per heavy atom. The van der Waals surface area contributed by atoms with E-state index in [2.05, 4.69) is 20.3 Å². The molecule has 2 aromatic carbocycles. The quantitative estimate of drug-likeness (QED) is 0.266. The fourth-order valence-electron chi connectivity index (χ4n) is 3.83. The number of rotatable bonds is 9. The predicted octanol–water partition coefficient (Wildman–Crippen LogP) is 5.51. The minimum Gasteiger partial charge on any atom is -0.486 e. The molecule has 0 bridgehead atoms. The minimum atomic E-state index is -3.03. The number of aromatic nitrogens is 4. The molecular formula is C27H24ClN5O3S. The molecule has 1 N–H and O–H groups in total. The molecule has 3 aromatic heterocycles. The van der Waals surface area contributed by atoms with Crippen molar-refractivity contribution in [3.63, 3.8) is 0 Å². The molecule has 3 heterocycles. The summed E-state index contributed by atoms with van der Waals surface area (Å²) in [6.07, 6.45) is 8.29. The van der Waals surface area contributed by atoms with Crippen molar-refractivity contribution in [2.45, 2.75) is 13.2 Å². The molecule has 0 amide bonds. The second-order valence-electron chi connectivity index (χ2n) is 8.60. The zero-order valence-electron chi connectivity index (χ0n) is 20.0. The van der Waals surface area contributed by atoms with Crippen LogP contribution in [0, 0.1) is 0 Å². The normalized spacial score (nSPS) is 11.5. The molecule has 0 unspecified atom stereocenters.